The first-order valence-electron chi connectivity index (χ1n) is 10.5. The van der Waals surface area contributed by atoms with Gasteiger partial charge in [0.25, 0.3) is 5.91 Å². The lowest BCUT2D eigenvalue weighted by Gasteiger charge is -2.26. The van der Waals surface area contributed by atoms with Crippen LogP contribution in [0.5, 0.6) is 0 Å². The van der Waals surface area contributed by atoms with Gasteiger partial charge in [-0.3, -0.25) is 9.20 Å². The van der Waals surface area contributed by atoms with Gasteiger partial charge in [-0.15, -0.1) is 0 Å². The van der Waals surface area contributed by atoms with E-state index >= 15 is 0 Å². The Hall–Kier alpha value is -3.20. The number of aromatic nitrogens is 3. The van der Waals surface area contributed by atoms with Crippen molar-refractivity contribution in [2.45, 2.75) is 32.4 Å². The Morgan fingerprint density at radius 3 is 2.91 bits per heavy atom. The Labute approximate surface area is 183 Å². The maximum Gasteiger partial charge on any atom is 0.255 e. The highest BCUT2D eigenvalue weighted by atomic mass is 19.1. The molecule has 4 rings (SSSR count). The first-order valence-corrected chi connectivity index (χ1v) is 10.5. The topological polar surface area (TPSA) is 71.3 Å². The number of nitrogens with one attached hydrogen (secondary N) is 2. The molecule has 0 bridgehead atoms. The second kappa shape index (κ2) is 9.12. The normalized spacial score (nSPS) is 18.6. The summed E-state index contributed by atoms with van der Waals surface area (Å²) in [6, 6.07) is 3.91. The summed E-state index contributed by atoms with van der Waals surface area (Å²) < 4.78 is 44.9. The third-order valence-corrected chi connectivity index (χ3v) is 5.71. The zero-order valence-corrected chi connectivity index (χ0v) is 17.7. The summed E-state index contributed by atoms with van der Waals surface area (Å²) in [5.74, 6) is -2.38. The number of halogens is 3. The third-order valence-electron chi connectivity index (χ3n) is 5.71. The van der Waals surface area contributed by atoms with E-state index in [9.17, 15) is 18.0 Å². The SMILES string of the molecule is C=C(CC)NC(=O)c1ccn2c(-c3nc(C[C@H]4CNCC[C@@H]4F)c(F)cc3F)cnc2c1. The molecule has 0 unspecified atom stereocenters. The first kappa shape index (κ1) is 22.0. The summed E-state index contributed by atoms with van der Waals surface area (Å²) in [4.78, 5) is 20.8. The molecule has 3 aromatic rings. The van der Waals surface area contributed by atoms with E-state index < -0.39 is 23.7 Å². The molecule has 1 saturated heterocycles. The second-order valence-corrected chi connectivity index (χ2v) is 7.92. The molecule has 6 nitrogen and oxygen atoms in total. The number of pyridine rings is 2. The predicted molar refractivity (Wildman–Crippen MR) is 115 cm³/mol. The molecular weight excluding hydrogens is 419 g/mol. The number of amides is 1. The van der Waals surface area contributed by atoms with Crippen LogP contribution in [-0.2, 0) is 6.42 Å². The number of carbonyl (C=O) groups is 1. The van der Waals surface area contributed by atoms with E-state index in [1.54, 1.807) is 22.7 Å². The maximum absolute atomic E-state index is 14.7. The van der Waals surface area contributed by atoms with E-state index in [0.717, 1.165) is 6.07 Å². The molecule has 168 valence electrons. The third kappa shape index (κ3) is 4.38. The van der Waals surface area contributed by atoms with Gasteiger partial charge in [-0.2, -0.15) is 0 Å². The van der Waals surface area contributed by atoms with Gasteiger partial charge in [-0.25, -0.2) is 23.1 Å². The molecule has 4 heterocycles. The van der Waals surface area contributed by atoms with Crippen molar-refractivity contribution in [1.82, 2.24) is 25.0 Å². The highest BCUT2D eigenvalue weighted by Crippen LogP contribution is 2.27. The number of carbonyl (C=O) groups excluding carboxylic acids is 1. The van der Waals surface area contributed by atoms with Crippen LogP contribution in [0.25, 0.3) is 17.0 Å². The van der Waals surface area contributed by atoms with Crippen molar-refractivity contribution in [2.75, 3.05) is 13.1 Å². The molecule has 0 aromatic carbocycles. The number of alkyl halides is 1. The summed E-state index contributed by atoms with van der Waals surface area (Å²) in [5, 5.41) is 5.79. The largest absolute Gasteiger partial charge is 0.326 e. The maximum atomic E-state index is 14.7. The summed E-state index contributed by atoms with van der Waals surface area (Å²) >= 11 is 0. The first-order chi connectivity index (χ1) is 15.4. The molecule has 2 N–H and O–H groups in total. The van der Waals surface area contributed by atoms with E-state index in [1.165, 1.54) is 6.20 Å². The Kier molecular flexibility index (Phi) is 6.27. The van der Waals surface area contributed by atoms with Gasteiger partial charge < -0.3 is 10.6 Å². The summed E-state index contributed by atoms with van der Waals surface area (Å²) in [7, 11) is 0. The lowest BCUT2D eigenvalue weighted by molar-refractivity contribution is 0.0965. The molecule has 0 spiro atoms. The molecule has 0 aliphatic carbocycles. The van der Waals surface area contributed by atoms with Gasteiger partial charge in [-0.1, -0.05) is 13.5 Å². The van der Waals surface area contributed by atoms with E-state index in [4.69, 9.17) is 0 Å². The molecule has 1 aliphatic rings. The van der Waals surface area contributed by atoms with Crippen LogP contribution in [-0.4, -0.2) is 39.5 Å². The fourth-order valence-electron chi connectivity index (χ4n) is 3.79. The van der Waals surface area contributed by atoms with Gasteiger partial charge in [0.2, 0.25) is 0 Å². The lowest BCUT2D eigenvalue weighted by Crippen LogP contribution is -2.39. The van der Waals surface area contributed by atoms with Crippen molar-refractivity contribution in [3.8, 4) is 11.4 Å². The van der Waals surface area contributed by atoms with Crippen LogP contribution in [0.15, 0.2) is 42.9 Å². The van der Waals surface area contributed by atoms with E-state index in [-0.39, 0.29) is 23.7 Å². The smallest absolute Gasteiger partial charge is 0.255 e. The van der Waals surface area contributed by atoms with Crippen LogP contribution in [0.2, 0.25) is 0 Å². The number of hydrogen-bond acceptors (Lipinski definition) is 4. The van der Waals surface area contributed by atoms with Crippen LogP contribution in [0, 0.1) is 17.6 Å². The minimum Gasteiger partial charge on any atom is -0.326 e. The van der Waals surface area contributed by atoms with Crippen molar-refractivity contribution in [3.05, 3.63) is 65.8 Å². The Morgan fingerprint density at radius 1 is 1.34 bits per heavy atom. The number of fused-ring (bicyclic) bond motifs is 1. The molecule has 0 saturated carbocycles. The van der Waals surface area contributed by atoms with Crippen molar-refractivity contribution < 1.29 is 18.0 Å². The molecule has 1 amide bonds. The highest BCUT2D eigenvalue weighted by Gasteiger charge is 2.27. The average Bonchev–Trinajstić information content (AvgIpc) is 3.20. The van der Waals surface area contributed by atoms with Crippen LogP contribution in [0.3, 0.4) is 0 Å². The molecule has 32 heavy (non-hydrogen) atoms. The van der Waals surface area contributed by atoms with E-state index in [2.05, 4.69) is 27.2 Å². The standard InChI is InChI=1S/C23H24F3N5O/c1-3-13(2)29-23(32)14-5-7-31-20(12-28-21(31)9-14)22-18(26)10-17(25)19(30-22)8-15-11-27-6-4-16(15)24/h5,7,9-10,12,15-16,27H,2-4,6,8,11H2,1H3,(H,29,32)/t15-,16-/m0/s1. The minimum absolute atomic E-state index is 0.0155. The summed E-state index contributed by atoms with van der Waals surface area (Å²) in [5.41, 5.74) is 1.61. The molecular formula is C23H24F3N5O. The molecule has 1 fully saturated rings. The van der Waals surface area contributed by atoms with Crippen LogP contribution < -0.4 is 10.6 Å². The fourth-order valence-corrected chi connectivity index (χ4v) is 3.79. The quantitative estimate of drug-likeness (QED) is 0.608. The van der Waals surface area contributed by atoms with Gasteiger partial charge in [0.05, 0.1) is 17.6 Å². The molecule has 2 atom stereocenters. The monoisotopic (exact) mass is 443 g/mol. The van der Waals surface area contributed by atoms with E-state index in [1.807, 2.05) is 6.92 Å². The lowest BCUT2D eigenvalue weighted by atomic mass is 9.92. The highest BCUT2D eigenvalue weighted by molar-refractivity contribution is 5.96. The van der Waals surface area contributed by atoms with E-state index in [0.29, 0.717) is 48.5 Å². The van der Waals surface area contributed by atoms with Gasteiger partial charge in [0.1, 0.15) is 23.3 Å². The predicted octanol–water partition coefficient (Wildman–Crippen LogP) is 3.82. The van der Waals surface area contributed by atoms with Crippen LogP contribution >= 0.6 is 0 Å². The number of nitrogens with zero attached hydrogens (tertiary/aromatic N) is 3. The molecule has 9 heteroatoms. The van der Waals surface area contributed by atoms with Gasteiger partial charge in [-0.05, 0) is 37.9 Å². The number of piperidine rings is 1. The zero-order chi connectivity index (χ0) is 22.8. The summed E-state index contributed by atoms with van der Waals surface area (Å²) in [6.45, 7) is 6.63. The van der Waals surface area contributed by atoms with Crippen LogP contribution in [0.4, 0.5) is 13.2 Å². The molecule has 0 radical (unpaired) electrons. The fraction of sp³-hybridized carbons (Fsp3) is 0.348. The Morgan fingerprint density at radius 2 is 2.16 bits per heavy atom. The second-order valence-electron chi connectivity index (χ2n) is 7.92. The van der Waals surface area contributed by atoms with Crippen molar-refractivity contribution in [2.24, 2.45) is 5.92 Å². The molecule has 3 aromatic heterocycles. The number of rotatable bonds is 6. The Balaban J connectivity index is 1.66. The van der Waals surface area contributed by atoms with Gasteiger partial charge in [0.15, 0.2) is 5.82 Å². The van der Waals surface area contributed by atoms with Crippen molar-refractivity contribution in [3.63, 3.8) is 0 Å². The summed E-state index contributed by atoms with van der Waals surface area (Å²) in [6.07, 6.45) is 2.96. The van der Waals surface area contributed by atoms with Crippen molar-refractivity contribution in [1.29, 1.82) is 0 Å². The van der Waals surface area contributed by atoms with Crippen molar-refractivity contribution >= 4 is 11.6 Å². The minimum atomic E-state index is -1.06. The Bertz CT molecular complexity index is 1180. The zero-order valence-electron chi connectivity index (χ0n) is 17.7. The van der Waals surface area contributed by atoms with Crippen LogP contribution in [0.1, 0.15) is 35.8 Å². The number of imidazole rings is 1. The number of hydrogen-bond donors (Lipinski definition) is 2. The number of allylic oxidation sites excluding steroid dienone is 1. The van der Waals surface area contributed by atoms with Gasteiger partial charge >= 0.3 is 0 Å². The molecule has 1 aliphatic heterocycles. The average molecular weight is 443 g/mol. The van der Waals surface area contributed by atoms with Gasteiger partial charge in [0, 0.05) is 36.0 Å².